The first-order chi connectivity index (χ1) is 8.52. The van der Waals surface area contributed by atoms with Gasteiger partial charge in [0, 0.05) is 19.5 Å². The van der Waals surface area contributed by atoms with E-state index in [2.05, 4.69) is 19.2 Å². The molecule has 3 heteroatoms. The average molecular weight is 252 g/mol. The minimum absolute atomic E-state index is 0.208. The Morgan fingerprint density at radius 3 is 2.17 bits per heavy atom. The van der Waals surface area contributed by atoms with Crippen molar-refractivity contribution in [2.75, 3.05) is 13.1 Å². The Morgan fingerprint density at radius 2 is 1.72 bits per heavy atom. The van der Waals surface area contributed by atoms with Gasteiger partial charge in [0.2, 0.25) is 5.91 Å². The van der Waals surface area contributed by atoms with E-state index in [1.165, 1.54) is 38.5 Å². The number of carbonyl (C=O) groups is 1. The monoisotopic (exact) mass is 252 g/mol. The molecule has 0 unspecified atom stereocenters. The molecule has 2 bridgehead atoms. The smallest absolute Gasteiger partial charge is 0.220 e. The summed E-state index contributed by atoms with van der Waals surface area (Å²) in [5.41, 5.74) is 6.33. The van der Waals surface area contributed by atoms with Crippen molar-refractivity contribution in [3.8, 4) is 0 Å². The maximum Gasteiger partial charge on any atom is 0.220 e. The zero-order chi connectivity index (χ0) is 13.2. The van der Waals surface area contributed by atoms with Gasteiger partial charge >= 0.3 is 0 Å². The number of amides is 1. The molecule has 0 aromatic rings. The minimum Gasteiger partial charge on any atom is -0.355 e. The van der Waals surface area contributed by atoms with E-state index in [4.69, 9.17) is 5.73 Å². The molecule has 0 aliphatic heterocycles. The molecule has 0 saturated heterocycles. The molecule has 3 rings (SSSR count). The summed E-state index contributed by atoms with van der Waals surface area (Å²) in [7, 11) is 0. The lowest BCUT2D eigenvalue weighted by atomic mass is 9.50. The summed E-state index contributed by atoms with van der Waals surface area (Å²) in [6.07, 6.45) is 8.46. The van der Waals surface area contributed by atoms with Crippen molar-refractivity contribution < 1.29 is 4.79 Å². The van der Waals surface area contributed by atoms with Gasteiger partial charge in [-0.2, -0.15) is 0 Å². The summed E-state index contributed by atoms with van der Waals surface area (Å²) in [5.74, 6) is 1.00. The van der Waals surface area contributed by atoms with Gasteiger partial charge in [0.1, 0.15) is 0 Å². The summed E-state index contributed by atoms with van der Waals surface area (Å²) in [4.78, 5) is 11.9. The molecule has 3 saturated carbocycles. The quantitative estimate of drug-likeness (QED) is 0.789. The van der Waals surface area contributed by atoms with E-state index in [0.29, 0.717) is 23.9 Å². The molecule has 0 radical (unpaired) electrons. The van der Waals surface area contributed by atoms with Crippen molar-refractivity contribution in [3.05, 3.63) is 0 Å². The van der Waals surface area contributed by atoms with Crippen LogP contribution in [-0.4, -0.2) is 19.0 Å². The predicted octanol–water partition coefficient (Wildman–Crippen LogP) is 2.45. The zero-order valence-electron chi connectivity index (χ0n) is 11.9. The molecule has 3 nitrogen and oxygen atoms in total. The average Bonchev–Trinajstić information content (AvgIpc) is 2.38. The Balaban J connectivity index is 1.91. The minimum atomic E-state index is 0.208. The second-order valence-electron chi connectivity index (χ2n) is 6.83. The van der Waals surface area contributed by atoms with Crippen molar-refractivity contribution in [2.24, 2.45) is 22.5 Å². The fourth-order valence-electron chi connectivity index (χ4n) is 4.04. The van der Waals surface area contributed by atoms with Crippen LogP contribution < -0.4 is 11.1 Å². The highest BCUT2D eigenvalue weighted by Gasteiger charge is 2.50. The second-order valence-corrected chi connectivity index (χ2v) is 6.83. The Hall–Kier alpha value is -0.570. The van der Waals surface area contributed by atoms with E-state index in [1.807, 2.05) is 0 Å². The van der Waals surface area contributed by atoms with Crippen LogP contribution in [-0.2, 0) is 4.79 Å². The van der Waals surface area contributed by atoms with Gasteiger partial charge in [0.05, 0.1) is 0 Å². The lowest BCUT2D eigenvalue weighted by Gasteiger charge is -2.55. The van der Waals surface area contributed by atoms with Crippen LogP contribution in [0, 0.1) is 16.7 Å². The Kier molecular flexibility index (Phi) is 4.00. The van der Waals surface area contributed by atoms with Gasteiger partial charge in [-0.3, -0.25) is 4.79 Å². The predicted molar refractivity (Wildman–Crippen MR) is 74.1 cm³/mol. The maximum atomic E-state index is 11.9. The molecular weight excluding hydrogens is 224 g/mol. The first kappa shape index (κ1) is 13.9. The normalized spacial score (nSPS) is 34.9. The molecule has 3 fully saturated rings. The van der Waals surface area contributed by atoms with Crippen LogP contribution in [0.25, 0.3) is 0 Å². The summed E-state index contributed by atoms with van der Waals surface area (Å²) in [6.45, 7) is 5.89. The van der Waals surface area contributed by atoms with Gasteiger partial charge in [-0.25, -0.2) is 0 Å². The number of rotatable bonds is 5. The van der Waals surface area contributed by atoms with Crippen LogP contribution in [0.15, 0.2) is 0 Å². The number of nitrogens with two attached hydrogens (primary N) is 1. The van der Waals surface area contributed by atoms with Crippen molar-refractivity contribution in [2.45, 2.75) is 58.8 Å². The maximum absolute atomic E-state index is 11.9. The number of hydrogen-bond donors (Lipinski definition) is 2. The molecule has 0 aromatic carbocycles. The molecule has 0 heterocycles. The van der Waals surface area contributed by atoms with Gasteiger partial charge in [-0.05, 0) is 55.3 Å². The Morgan fingerprint density at radius 1 is 1.17 bits per heavy atom. The lowest BCUT2D eigenvalue weighted by Crippen LogP contribution is -2.46. The molecule has 104 valence electrons. The summed E-state index contributed by atoms with van der Waals surface area (Å²) >= 11 is 0. The molecule has 3 N–H and O–H groups in total. The number of fused-ring (bicyclic) bond motifs is 3. The van der Waals surface area contributed by atoms with Gasteiger partial charge < -0.3 is 11.1 Å². The van der Waals surface area contributed by atoms with Crippen LogP contribution in [0.3, 0.4) is 0 Å². The first-order valence-corrected chi connectivity index (χ1v) is 7.49. The zero-order valence-corrected chi connectivity index (χ0v) is 11.9. The van der Waals surface area contributed by atoms with Crippen LogP contribution >= 0.6 is 0 Å². The van der Waals surface area contributed by atoms with E-state index >= 15 is 0 Å². The van der Waals surface area contributed by atoms with Crippen LogP contribution in [0.2, 0.25) is 0 Å². The van der Waals surface area contributed by atoms with Gasteiger partial charge in [0.15, 0.2) is 0 Å². The molecule has 3 aliphatic rings. The van der Waals surface area contributed by atoms with Gasteiger partial charge in [-0.1, -0.05) is 13.8 Å². The first-order valence-electron chi connectivity index (χ1n) is 7.49. The largest absolute Gasteiger partial charge is 0.355 e. The summed E-state index contributed by atoms with van der Waals surface area (Å²) in [5, 5.41) is 2.92. The van der Waals surface area contributed by atoms with Crippen molar-refractivity contribution in [3.63, 3.8) is 0 Å². The number of hydrogen-bond acceptors (Lipinski definition) is 2. The summed E-state index contributed by atoms with van der Waals surface area (Å²) < 4.78 is 0. The molecule has 0 atom stereocenters. The highest BCUT2D eigenvalue weighted by molar-refractivity contribution is 5.76. The highest BCUT2D eigenvalue weighted by Crippen LogP contribution is 2.60. The molecule has 0 spiro atoms. The SMILES string of the molecule is CC(C)C12CCC(CC(=O)NCCN)(CC1)CC2. The second kappa shape index (κ2) is 5.20. The molecule has 18 heavy (non-hydrogen) atoms. The van der Waals surface area contributed by atoms with Crippen LogP contribution in [0.5, 0.6) is 0 Å². The Bertz CT molecular complexity index is 287. The van der Waals surface area contributed by atoms with Crippen LogP contribution in [0.4, 0.5) is 0 Å². The van der Waals surface area contributed by atoms with Crippen molar-refractivity contribution in [1.82, 2.24) is 5.32 Å². The van der Waals surface area contributed by atoms with Gasteiger partial charge in [-0.15, -0.1) is 0 Å². The molecule has 1 amide bonds. The fourth-order valence-corrected chi connectivity index (χ4v) is 4.04. The van der Waals surface area contributed by atoms with E-state index in [0.717, 1.165) is 12.3 Å². The number of nitrogens with one attached hydrogen (secondary N) is 1. The highest BCUT2D eigenvalue weighted by atomic mass is 16.1. The number of carbonyl (C=O) groups excluding carboxylic acids is 1. The molecule has 0 aromatic heterocycles. The van der Waals surface area contributed by atoms with E-state index in [-0.39, 0.29) is 5.91 Å². The third-order valence-corrected chi connectivity index (χ3v) is 5.69. The van der Waals surface area contributed by atoms with E-state index in [9.17, 15) is 4.79 Å². The summed E-state index contributed by atoms with van der Waals surface area (Å²) in [6, 6.07) is 0. The standard InChI is InChI=1S/C15H28N2O/c1-12(2)15-6-3-14(4-7-15,5-8-15)11-13(18)17-10-9-16/h12H,3-11,16H2,1-2H3,(H,17,18). The third-order valence-electron chi connectivity index (χ3n) is 5.69. The Labute approximate surface area is 111 Å². The van der Waals surface area contributed by atoms with Crippen LogP contribution in [0.1, 0.15) is 58.8 Å². The van der Waals surface area contributed by atoms with Crippen molar-refractivity contribution in [1.29, 1.82) is 0 Å². The van der Waals surface area contributed by atoms with Crippen molar-refractivity contribution >= 4 is 5.91 Å². The molecule has 3 aliphatic carbocycles. The lowest BCUT2D eigenvalue weighted by molar-refractivity contribution is -0.127. The van der Waals surface area contributed by atoms with E-state index < -0.39 is 0 Å². The topological polar surface area (TPSA) is 55.1 Å². The molecular formula is C15H28N2O. The van der Waals surface area contributed by atoms with Gasteiger partial charge in [0.25, 0.3) is 0 Å². The van der Waals surface area contributed by atoms with E-state index in [1.54, 1.807) is 0 Å². The third kappa shape index (κ3) is 2.56. The fraction of sp³-hybridized carbons (Fsp3) is 0.933.